The third-order valence-corrected chi connectivity index (χ3v) is 3.72. The lowest BCUT2D eigenvalue weighted by molar-refractivity contribution is -0.127. The van der Waals surface area contributed by atoms with Crippen LogP contribution in [0, 0.1) is 5.92 Å². The minimum atomic E-state index is 0.141. The van der Waals surface area contributed by atoms with E-state index in [1.165, 1.54) is 11.3 Å². The second-order valence-electron chi connectivity index (χ2n) is 6.30. The Hall–Kier alpha value is -1.35. The maximum absolute atomic E-state index is 11.6. The first-order valence-corrected chi connectivity index (χ1v) is 6.79. The molecule has 1 aromatic carbocycles. The minimum Gasteiger partial charge on any atom is -0.377 e. The van der Waals surface area contributed by atoms with Crippen LogP contribution in [0.25, 0.3) is 0 Å². The molecule has 19 heavy (non-hydrogen) atoms. The highest BCUT2D eigenvalue weighted by Gasteiger charge is 2.32. The fraction of sp³-hybridized carbons (Fsp3) is 0.562. The summed E-state index contributed by atoms with van der Waals surface area (Å²) in [6.45, 7) is 8.51. The topological polar surface area (TPSA) is 29.5 Å². The highest BCUT2D eigenvalue weighted by molar-refractivity contribution is 5.85. The zero-order valence-electron chi connectivity index (χ0n) is 12.3. The van der Waals surface area contributed by atoms with E-state index in [1.807, 2.05) is 0 Å². The fourth-order valence-corrected chi connectivity index (χ4v) is 2.33. The number of rotatable bonds is 4. The van der Waals surface area contributed by atoms with Crippen LogP contribution in [0.2, 0.25) is 0 Å². The maximum Gasteiger partial charge on any atom is 0.165 e. The van der Waals surface area contributed by atoms with E-state index in [2.05, 4.69) is 49.9 Å². The molecule has 1 aliphatic rings. The van der Waals surface area contributed by atoms with Gasteiger partial charge in [-0.1, -0.05) is 32.9 Å². The molecule has 1 aromatic rings. The first-order chi connectivity index (χ1) is 8.91. The number of methoxy groups -OCH3 is 1. The van der Waals surface area contributed by atoms with E-state index in [0.29, 0.717) is 0 Å². The van der Waals surface area contributed by atoms with Crippen molar-refractivity contribution in [3.63, 3.8) is 0 Å². The number of ether oxygens (including phenoxy) is 1. The number of Topliss-reactive ketones (excluding diaryl/α,β-unsaturated/α-hetero) is 1. The van der Waals surface area contributed by atoms with E-state index >= 15 is 0 Å². The average Bonchev–Trinajstić information content (AvgIpc) is 2.27. The van der Waals surface area contributed by atoms with Crippen LogP contribution in [-0.4, -0.2) is 32.6 Å². The molecular formula is C16H23NO2. The number of carbonyl (C=O) groups is 1. The third-order valence-electron chi connectivity index (χ3n) is 3.72. The number of hydrogen-bond acceptors (Lipinski definition) is 3. The lowest BCUT2D eigenvalue weighted by atomic mass is 9.86. The largest absolute Gasteiger partial charge is 0.377 e. The van der Waals surface area contributed by atoms with Crippen molar-refractivity contribution in [1.82, 2.24) is 0 Å². The Morgan fingerprint density at radius 2 is 1.84 bits per heavy atom. The molecule has 1 fully saturated rings. The summed E-state index contributed by atoms with van der Waals surface area (Å²) in [6, 6.07) is 8.66. The van der Waals surface area contributed by atoms with Crippen molar-refractivity contribution in [2.24, 2.45) is 5.92 Å². The molecule has 0 spiro atoms. The van der Waals surface area contributed by atoms with E-state index in [4.69, 9.17) is 4.74 Å². The summed E-state index contributed by atoms with van der Waals surface area (Å²) in [5, 5.41) is 0. The molecule has 2 rings (SSSR count). The predicted octanol–water partition coefficient (Wildman–Crippen LogP) is 2.64. The molecule has 0 radical (unpaired) electrons. The minimum absolute atomic E-state index is 0.141. The van der Waals surface area contributed by atoms with Gasteiger partial charge in [-0.15, -0.1) is 0 Å². The van der Waals surface area contributed by atoms with Gasteiger partial charge in [0.25, 0.3) is 0 Å². The van der Waals surface area contributed by atoms with E-state index < -0.39 is 0 Å². The first-order valence-electron chi connectivity index (χ1n) is 6.79. The second-order valence-corrected chi connectivity index (χ2v) is 6.30. The maximum atomic E-state index is 11.6. The molecule has 1 saturated heterocycles. The van der Waals surface area contributed by atoms with Crippen LogP contribution in [-0.2, 0) is 14.9 Å². The normalized spacial score (nSPS) is 16.3. The summed E-state index contributed by atoms with van der Waals surface area (Å²) in [7, 11) is 1.57. The number of ketones is 1. The molecular weight excluding hydrogens is 238 g/mol. The van der Waals surface area contributed by atoms with Crippen molar-refractivity contribution in [1.29, 1.82) is 0 Å². The van der Waals surface area contributed by atoms with Gasteiger partial charge in [0.2, 0.25) is 0 Å². The SMILES string of the molecule is COCC(=O)C1CN(c2ccc(C(C)(C)C)cc2)C1. The second kappa shape index (κ2) is 5.33. The Balaban J connectivity index is 1.94. The molecule has 1 heterocycles. The molecule has 0 unspecified atom stereocenters. The lowest BCUT2D eigenvalue weighted by Crippen LogP contribution is -2.51. The van der Waals surface area contributed by atoms with Gasteiger partial charge in [0.05, 0.1) is 5.92 Å². The Kier molecular flexibility index (Phi) is 3.95. The van der Waals surface area contributed by atoms with Gasteiger partial charge >= 0.3 is 0 Å². The van der Waals surface area contributed by atoms with Gasteiger partial charge in [0.15, 0.2) is 5.78 Å². The molecule has 0 amide bonds. The summed E-state index contributed by atoms with van der Waals surface area (Å²) in [5.41, 5.74) is 2.73. The molecule has 0 saturated carbocycles. The number of anilines is 1. The molecule has 0 bridgehead atoms. The molecule has 0 aliphatic carbocycles. The van der Waals surface area contributed by atoms with Crippen molar-refractivity contribution < 1.29 is 9.53 Å². The summed E-state index contributed by atoms with van der Waals surface area (Å²) in [6.07, 6.45) is 0. The Morgan fingerprint density at radius 3 is 2.32 bits per heavy atom. The summed E-state index contributed by atoms with van der Waals surface area (Å²) in [5.74, 6) is 0.354. The van der Waals surface area contributed by atoms with Crippen molar-refractivity contribution in [3.8, 4) is 0 Å². The summed E-state index contributed by atoms with van der Waals surface area (Å²) in [4.78, 5) is 13.9. The number of benzene rings is 1. The van der Waals surface area contributed by atoms with Crippen molar-refractivity contribution in [3.05, 3.63) is 29.8 Å². The van der Waals surface area contributed by atoms with Crippen LogP contribution < -0.4 is 4.90 Å². The van der Waals surface area contributed by atoms with Crippen LogP contribution in [0.1, 0.15) is 26.3 Å². The van der Waals surface area contributed by atoms with Crippen LogP contribution in [0.3, 0.4) is 0 Å². The molecule has 0 atom stereocenters. The Labute approximate surface area is 115 Å². The summed E-state index contributed by atoms with van der Waals surface area (Å²) < 4.78 is 4.89. The van der Waals surface area contributed by atoms with Crippen LogP contribution in [0.15, 0.2) is 24.3 Å². The highest BCUT2D eigenvalue weighted by atomic mass is 16.5. The van der Waals surface area contributed by atoms with E-state index in [-0.39, 0.29) is 23.7 Å². The van der Waals surface area contributed by atoms with Gasteiger partial charge in [-0.2, -0.15) is 0 Å². The van der Waals surface area contributed by atoms with E-state index in [0.717, 1.165) is 13.1 Å². The summed E-state index contributed by atoms with van der Waals surface area (Å²) >= 11 is 0. The molecule has 104 valence electrons. The average molecular weight is 261 g/mol. The van der Waals surface area contributed by atoms with Crippen molar-refractivity contribution in [2.75, 3.05) is 31.7 Å². The van der Waals surface area contributed by atoms with Gasteiger partial charge in [-0.25, -0.2) is 0 Å². The van der Waals surface area contributed by atoms with Gasteiger partial charge in [-0.3, -0.25) is 4.79 Å². The molecule has 3 heteroatoms. The number of hydrogen-bond donors (Lipinski definition) is 0. The van der Waals surface area contributed by atoms with Gasteiger partial charge < -0.3 is 9.64 Å². The smallest absolute Gasteiger partial charge is 0.165 e. The lowest BCUT2D eigenvalue weighted by Gasteiger charge is -2.40. The fourth-order valence-electron chi connectivity index (χ4n) is 2.33. The molecule has 0 aromatic heterocycles. The van der Waals surface area contributed by atoms with Crippen LogP contribution in [0.4, 0.5) is 5.69 Å². The van der Waals surface area contributed by atoms with Gasteiger partial charge in [0, 0.05) is 25.9 Å². The van der Waals surface area contributed by atoms with Gasteiger partial charge in [0.1, 0.15) is 6.61 Å². The Morgan fingerprint density at radius 1 is 1.26 bits per heavy atom. The monoisotopic (exact) mass is 261 g/mol. The Bertz CT molecular complexity index is 439. The third kappa shape index (κ3) is 3.16. The van der Waals surface area contributed by atoms with Crippen molar-refractivity contribution >= 4 is 11.5 Å². The zero-order valence-corrected chi connectivity index (χ0v) is 12.3. The molecule has 3 nitrogen and oxygen atoms in total. The predicted molar refractivity (Wildman–Crippen MR) is 77.7 cm³/mol. The first kappa shape index (κ1) is 14.1. The highest BCUT2D eigenvalue weighted by Crippen LogP contribution is 2.28. The standard InChI is InChI=1S/C16H23NO2/c1-16(2,3)13-5-7-14(8-6-13)17-9-12(10-17)15(18)11-19-4/h5-8,12H,9-11H2,1-4H3. The molecule has 1 aliphatic heterocycles. The van der Waals surface area contributed by atoms with Crippen LogP contribution >= 0.6 is 0 Å². The number of carbonyl (C=O) groups excluding carboxylic acids is 1. The zero-order chi connectivity index (χ0) is 14.0. The molecule has 0 N–H and O–H groups in total. The van der Waals surface area contributed by atoms with E-state index in [9.17, 15) is 4.79 Å². The van der Waals surface area contributed by atoms with Gasteiger partial charge in [-0.05, 0) is 23.1 Å². The van der Waals surface area contributed by atoms with Crippen LogP contribution in [0.5, 0.6) is 0 Å². The quantitative estimate of drug-likeness (QED) is 0.834. The van der Waals surface area contributed by atoms with Crippen molar-refractivity contribution in [2.45, 2.75) is 26.2 Å². The van der Waals surface area contributed by atoms with E-state index in [1.54, 1.807) is 7.11 Å². The number of nitrogens with zero attached hydrogens (tertiary/aromatic N) is 1.